The average molecular weight is 271 g/mol. The van der Waals surface area contributed by atoms with Crippen LogP contribution < -0.4 is 11.4 Å². The van der Waals surface area contributed by atoms with Gasteiger partial charge in [0.1, 0.15) is 5.82 Å². The normalized spacial score (nSPS) is 10.8. The molecule has 20 heavy (non-hydrogen) atoms. The van der Waals surface area contributed by atoms with Crippen LogP contribution in [0.5, 0.6) is 0 Å². The Morgan fingerprint density at radius 2 is 1.65 bits per heavy atom. The molecule has 0 aliphatic heterocycles. The molecular weight excluding hydrogens is 261 g/mol. The van der Waals surface area contributed by atoms with Gasteiger partial charge < -0.3 is 15.7 Å². The van der Waals surface area contributed by atoms with Crippen LogP contribution in [0.4, 0.5) is 10.1 Å². The van der Waals surface area contributed by atoms with E-state index >= 15 is 0 Å². The van der Waals surface area contributed by atoms with E-state index in [1.54, 1.807) is 18.2 Å². The zero-order valence-corrected chi connectivity index (χ0v) is 10.2. The van der Waals surface area contributed by atoms with Gasteiger partial charge in [0.05, 0.1) is 16.7 Å². The maximum Gasteiger partial charge on any atom is 0.323 e. The van der Waals surface area contributed by atoms with E-state index in [-0.39, 0.29) is 17.2 Å². The van der Waals surface area contributed by atoms with Crippen molar-refractivity contribution in [2.24, 2.45) is 0 Å². The van der Waals surface area contributed by atoms with E-state index in [0.717, 1.165) is 6.07 Å². The van der Waals surface area contributed by atoms with Gasteiger partial charge in [0.25, 0.3) is 0 Å². The largest absolute Gasteiger partial charge is 0.396 e. The minimum Gasteiger partial charge on any atom is -0.396 e. The summed E-state index contributed by atoms with van der Waals surface area (Å²) in [7, 11) is 0. The number of rotatable bonds is 2. The number of hydrogen-bond acceptors (Lipinski definition) is 3. The van der Waals surface area contributed by atoms with E-state index in [1.807, 2.05) is 0 Å². The maximum absolute atomic E-state index is 13.1. The van der Waals surface area contributed by atoms with Crippen LogP contribution in [-0.2, 0) is 0 Å². The van der Waals surface area contributed by atoms with Crippen LogP contribution in [0.2, 0.25) is 0 Å². The second kappa shape index (κ2) is 4.34. The summed E-state index contributed by atoms with van der Waals surface area (Å²) in [5.41, 5.74) is 6.87. The van der Waals surface area contributed by atoms with Gasteiger partial charge in [-0.1, -0.05) is 0 Å². The Morgan fingerprint density at radius 1 is 1.00 bits per heavy atom. The molecule has 0 radical (unpaired) electrons. The van der Waals surface area contributed by atoms with Crippen LogP contribution in [0, 0.1) is 5.82 Å². The van der Waals surface area contributed by atoms with Gasteiger partial charge in [-0.2, -0.15) is 0 Å². The molecule has 0 aliphatic rings. The first-order valence-electron chi connectivity index (χ1n) is 5.86. The molecule has 0 spiro atoms. The fraction of sp³-hybridized carbons (Fsp3) is 0. The highest BCUT2D eigenvalue weighted by Gasteiger charge is 2.12. The minimum atomic E-state index is -0.563. The van der Waals surface area contributed by atoms with Crippen molar-refractivity contribution < 1.29 is 9.18 Å². The van der Waals surface area contributed by atoms with Crippen LogP contribution in [-0.4, -0.2) is 15.8 Å². The lowest BCUT2D eigenvalue weighted by Crippen LogP contribution is -2.03. The zero-order chi connectivity index (χ0) is 14.3. The Kier molecular flexibility index (Phi) is 2.64. The van der Waals surface area contributed by atoms with E-state index in [2.05, 4.69) is 9.97 Å². The van der Waals surface area contributed by atoms with Gasteiger partial charge in [-0.05, 0) is 36.4 Å². The molecule has 6 heteroatoms. The number of nitrogens with one attached hydrogen (secondary N) is 2. The third-order valence-electron chi connectivity index (χ3n) is 3.04. The summed E-state index contributed by atoms with van der Waals surface area (Å²) in [6.45, 7) is 0. The molecule has 100 valence electrons. The van der Waals surface area contributed by atoms with Crippen molar-refractivity contribution in [3.63, 3.8) is 0 Å². The molecule has 0 saturated heterocycles. The van der Waals surface area contributed by atoms with Gasteiger partial charge in [0, 0.05) is 11.1 Å². The summed E-state index contributed by atoms with van der Waals surface area (Å²) in [4.78, 5) is 28.6. The second-order valence-electron chi connectivity index (χ2n) is 4.40. The van der Waals surface area contributed by atoms with E-state index in [4.69, 9.17) is 5.73 Å². The second-order valence-corrected chi connectivity index (χ2v) is 4.40. The topological polar surface area (TPSA) is 91.7 Å². The average Bonchev–Trinajstić information content (AvgIpc) is 2.80. The number of hydrogen-bond donors (Lipinski definition) is 3. The Labute approximate surface area is 112 Å². The van der Waals surface area contributed by atoms with Gasteiger partial charge in [0.2, 0.25) is 0 Å². The molecule has 0 aliphatic carbocycles. The number of aromatic nitrogens is 2. The van der Waals surface area contributed by atoms with Crippen molar-refractivity contribution in [3.05, 3.63) is 63.8 Å². The molecule has 0 bridgehead atoms. The Bertz CT molecular complexity index is 880. The van der Waals surface area contributed by atoms with Crippen LogP contribution in [0.25, 0.3) is 11.0 Å². The number of imidazole rings is 1. The maximum atomic E-state index is 13.1. The van der Waals surface area contributed by atoms with Crippen molar-refractivity contribution in [1.82, 2.24) is 9.97 Å². The van der Waals surface area contributed by atoms with E-state index < -0.39 is 5.82 Å². The Hall–Kier alpha value is -2.89. The highest BCUT2D eigenvalue weighted by atomic mass is 19.1. The van der Waals surface area contributed by atoms with E-state index in [1.165, 1.54) is 12.1 Å². The quantitative estimate of drug-likeness (QED) is 0.490. The number of halogens is 1. The van der Waals surface area contributed by atoms with Gasteiger partial charge in [-0.15, -0.1) is 0 Å². The fourth-order valence-electron chi connectivity index (χ4n) is 2.03. The molecule has 0 atom stereocenters. The monoisotopic (exact) mass is 271 g/mol. The molecule has 1 heterocycles. The Morgan fingerprint density at radius 3 is 2.40 bits per heavy atom. The number of nitrogens with two attached hydrogens (primary N) is 1. The number of carbonyl (C=O) groups is 1. The number of ketones is 1. The van der Waals surface area contributed by atoms with Crippen LogP contribution in [0.1, 0.15) is 15.9 Å². The van der Waals surface area contributed by atoms with Crippen molar-refractivity contribution in [2.45, 2.75) is 0 Å². The molecule has 0 amide bonds. The third kappa shape index (κ3) is 1.97. The number of benzene rings is 2. The number of nitrogen functional groups attached to an aromatic ring is 1. The summed E-state index contributed by atoms with van der Waals surface area (Å²) in [5, 5.41) is 0. The molecule has 0 fully saturated rings. The van der Waals surface area contributed by atoms with Gasteiger partial charge in [-0.25, -0.2) is 9.18 Å². The lowest BCUT2D eigenvalue weighted by Gasteiger charge is -2.03. The zero-order valence-electron chi connectivity index (χ0n) is 10.2. The minimum absolute atomic E-state index is 0.0769. The summed E-state index contributed by atoms with van der Waals surface area (Å²) < 4.78 is 13.1. The molecule has 3 rings (SSSR count). The summed E-state index contributed by atoms with van der Waals surface area (Å²) in [6.07, 6.45) is 0. The third-order valence-corrected chi connectivity index (χ3v) is 3.04. The van der Waals surface area contributed by atoms with Gasteiger partial charge >= 0.3 is 5.69 Å². The SMILES string of the molecule is Nc1cc(C(=O)c2ccc3[nH]c(=O)[nH]c3c2)ccc1F. The van der Waals surface area contributed by atoms with E-state index in [0.29, 0.717) is 22.2 Å². The highest BCUT2D eigenvalue weighted by Crippen LogP contribution is 2.18. The lowest BCUT2D eigenvalue weighted by atomic mass is 10.0. The van der Waals surface area contributed by atoms with Crippen LogP contribution in [0.3, 0.4) is 0 Å². The molecule has 3 aromatic rings. The molecule has 1 aromatic heterocycles. The summed E-state index contributed by atoms with van der Waals surface area (Å²) in [5.74, 6) is -0.854. The Balaban J connectivity index is 2.07. The van der Waals surface area contributed by atoms with Crippen molar-refractivity contribution in [3.8, 4) is 0 Å². The molecule has 2 aromatic carbocycles. The highest BCUT2D eigenvalue weighted by molar-refractivity contribution is 6.10. The smallest absolute Gasteiger partial charge is 0.323 e. The first-order valence-corrected chi connectivity index (χ1v) is 5.86. The number of anilines is 1. The van der Waals surface area contributed by atoms with Crippen molar-refractivity contribution in [1.29, 1.82) is 0 Å². The van der Waals surface area contributed by atoms with E-state index in [9.17, 15) is 14.0 Å². The molecule has 0 saturated carbocycles. The standard InChI is InChI=1S/C14H10FN3O2/c15-9-3-1-7(5-10(9)16)13(19)8-2-4-11-12(6-8)18-14(20)17-11/h1-6H,16H2,(H2,17,18,20). The molecule has 0 unspecified atom stereocenters. The summed E-state index contributed by atoms with van der Waals surface area (Å²) in [6, 6.07) is 8.61. The first-order chi connectivity index (χ1) is 9.54. The number of fused-ring (bicyclic) bond motifs is 1. The van der Waals surface area contributed by atoms with Crippen molar-refractivity contribution in [2.75, 3.05) is 5.73 Å². The number of aromatic amines is 2. The van der Waals surface area contributed by atoms with Gasteiger partial charge in [-0.3, -0.25) is 4.79 Å². The number of carbonyl (C=O) groups excluding carboxylic acids is 1. The lowest BCUT2D eigenvalue weighted by molar-refractivity contribution is 0.103. The predicted octanol–water partition coefficient (Wildman–Crippen LogP) is 1.81. The first kappa shape index (κ1) is 12.2. The van der Waals surface area contributed by atoms with Crippen LogP contribution in [0.15, 0.2) is 41.2 Å². The van der Waals surface area contributed by atoms with Crippen molar-refractivity contribution >= 4 is 22.5 Å². The molecule has 4 N–H and O–H groups in total. The summed E-state index contributed by atoms with van der Waals surface area (Å²) >= 11 is 0. The molecule has 5 nitrogen and oxygen atoms in total. The van der Waals surface area contributed by atoms with Gasteiger partial charge in [0.15, 0.2) is 5.78 Å². The van der Waals surface area contributed by atoms with Crippen LogP contribution >= 0.6 is 0 Å². The predicted molar refractivity (Wildman–Crippen MR) is 73.2 cm³/mol. The molecular formula is C14H10FN3O2. The fourth-order valence-corrected chi connectivity index (χ4v) is 2.03. The number of H-pyrrole nitrogens is 2.